The number of amides is 1. The van der Waals surface area contributed by atoms with E-state index in [2.05, 4.69) is 15.9 Å². The molecule has 0 bridgehead atoms. The van der Waals surface area contributed by atoms with Gasteiger partial charge < -0.3 is 15.3 Å². The lowest BCUT2D eigenvalue weighted by atomic mass is 10.1. The minimum absolute atomic E-state index is 0.0485. The molecule has 18 heavy (non-hydrogen) atoms. The number of hydrazine groups is 1. The Morgan fingerprint density at radius 1 is 1.44 bits per heavy atom. The fraction of sp³-hybridized carbons (Fsp3) is 0.0909. The molecule has 6 nitrogen and oxygen atoms in total. The number of carbonyl (C=O) groups excluding carboxylic acids is 1. The second-order valence-corrected chi connectivity index (χ2v) is 3.47. The van der Waals surface area contributed by atoms with Crippen LogP contribution < -0.4 is 16.6 Å². The first-order valence-electron chi connectivity index (χ1n) is 5.15. The molecule has 1 aromatic heterocycles. The molecule has 0 spiro atoms. The first-order chi connectivity index (χ1) is 8.72. The highest BCUT2D eigenvalue weighted by molar-refractivity contribution is 5.99. The molecule has 7 heteroatoms. The molecule has 0 fully saturated rings. The summed E-state index contributed by atoms with van der Waals surface area (Å²) in [7, 11) is 0. The number of aromatic nitrogens is 1. The van der Waals surface area contributed by atoms with E-state index in [0.29, 0.717) is 5.76 Å². The van der Waals surface area contributed by atoms with Gasteiger partial charge in [-0.15, -0.1) is 0 Å². The van der Waals surface area contributed by atoms with Gasteiger partial charge in [-0.3, -0.25) is 10.6 Å². The molecular weight excluding hydrogens is 239 g/mol. The third-order valence-corrected chi connectivity index (χ3v) is 2.32. The number of hydrogen-bond donors (Lipinski definition) is 3. The van der Waals surface area contributed by atoms with Crippen molar-refractivity contribution in [3.63, 3.8) is 0 Å². The Hall–Kier alpha value is -2.41. The van der Waals surface area contributed by atoms with E-state index >= 15 is 0 Å². The number of nitrogens with one attached hydrogen (secondary N) is 2. The number of nitrogens with zero attached hydrogens (tertiary/aromatic N) is 1. The summed E-state index contributed by atoms with van der Waals surface area (Å²) in [4.78, 5) is 11.8. The van der Waals surface area contributed by atoms with E-state index in [0.717, 1.165) is 0 Å². The van der Waals surface area contributed by atoms with Gasteiger partial charge in [0.1, 0.15) is 5.82 Å². The number of nitrogens with two attached hydrogens (primary N) is 1. The Kier molecular flexibility index (Phi) is 3.54. The van der Waals surface area contributed by atoms with Gasteiger partial charge in [0, 0.05) is 6.07 Å². The van der Waals surface area contributed by atoms with Gasteiger partial charge in [0.2, 0.25) is 0 Å². The second kappa shape index (κ2) is 5.28. The van der Waals surface area contributed by atoms with Crippen molar-refractivity contribution in [3.05, 3.63) is 47.6 Å². The van der Waals surface area contributed by atoms with E-state index in [1.165, 1.54) is 24.4 Å². The molecule has 2 aromatic rings. The topological polar surface area (TPSA) is 93.2 Å². The zero-order valence-corrected chi connectivity index (χ0v) is 9.31. The summed E-state index contributed by atoms with van der Waals surface area (Å²) in [5, 5.41) is 6.07. The number of rotatable bonds is 4. The van der Waals surface area contributed by atoms with Gasteiger partial charge in [0.15, 0.2) is 5.76 Å². The molecule has 0 aliphatic rings. The van der Waals surface area contributed by atoms with Crippen molar-refractivity contribution in [1.82, 2.24) is 10.5 Å². The molecule has 0 atom stereocenters. The van der Waals surface area contributed by atoms with Crippen LogP contribution in [0.5, 0.6) is 0 Å². The van der Waals surface area contributed by atoms with Crippen LogP contribution in [0.15, 0.2) is 35.0 Å². The van der Waals surface area contributed by atoms with Crippen LogP contribution >= 0.6 is 0 Å². The highest BCUT2D eigenvalue weighted by Crippen LogP contribution is 2.18. The van der Waals surface area contributed by atoms with Gasteiger partial charge in [0.05, 0.1) is 24.0 Å². The van der Waals surface area contributed by atoms with Crippen molar-refractivity contribution in [2.75, 3.05) is 5.43 Å². The number of carbonyl (C=O) groups is 1. The van der Waals surface area contributed by atoms with Crippen molar-refractivity contribution in [2.24, 2.45) is 5.84 Å². The number of halogens is 1. The van der Waals surface area contributed by atoms with Gasteiger partial charge >= 0.3 is 0 Å². The van der Waals surface area contributed by atoms with Crippen LogP contribution in [0, 0.1) is 5.82 Å². The predicted octanol–water partition coefficient (Wildman–Crippen LogP) is 1.03. The summed E-state index contributed by atoms with van der Waals surface area (Å²) in [5.41, 5.74) is 2.24. The Morgan fingerprint density at radius 2 is 2.28 bits per heavy atom. The van der Waals surface area contributed by atoms with Crippen LogP contribution in [0.2, 0.25) is 0 Å². The zero-order chi connectivity index (χ0) is 13.0. The summed E-state index contributed by atoms with van der Waals surface area (Å²) in [6.45, 7) is 0.166. The molecule has 0 saturated heterocycles. The van der Waals surface area contributed by atoms with Crippen molar-refractivity contribution >= 4 is 11.6 Å². The number of anilines is 1. The smallest absolute Gasteiger partial charge is 0.253 e. The SMILES string of the molecule is NNc1c(F)cccc1C(=O)NCc1ccno1. The number of hydrogen-bond acceptors (Lipinski definition) is 5. The van der Waals surface area contributed by atoms with Crippen molar-refractivity contribution in [3.8, 4) is 0 Å². The predicted molar refractivity (Wildman–Crippen MR) is 61.9 cm³/mol. The molecule has 1 amide bonds. The Balaban J connectivity index is 2.11. The van der Waals surface area contributed by atoms with E-state index < -0.39 is 11.7 Å². The first kappa shape index (κ1) is 12.1. The molecule has 4 N–H and O–H groups in total. The van der Waals surface area contributed by atoms with Crippen LogP contribution in [0.1, 0.15) is 16.1 Å². The van der Waals surface area contributed by atoms with Crippen LogP contribution in [0.4, 0.5) is 10.1 Å². The van der Waals surface area contributed by atoms with Gasteiger partial charge in [-0.25, -0.2) is 4.39 Å². The average molecular weight is 250 g/mol. The van der Waals surface area contributed by atoms with Crippen LogP contribution in [-0.2, 0) is 6.54 Å². The number of para-hydroxylation sites is 1. The van der Waals surface area contributed by atoms with Crippen molar-refractivity contribution in [1.29, 1.82) is 0 Å². The highest BCUT2D eigenvalue weighted by Gasteiger charge is 2.14. The van der Waals surface area contributed by atoms with E-state index in [4.69, 9.17) is 10.4 Å². The van der Waals surface area contributed by atoms with Crippen molar-refractivity contribution in [2.45, 2.75) is 6.54 Å². The molecule has 1 heterocycles. The summed E-state index contributed by atoms with van der Waals surface area (Å²) in [6, 6.07) is 5.73. The Bertz CT molecular complexity index is 542. The summed E-state index contributed by atoms with van der Waals surface area (Å²) < 4.78 is 18.2. The molecule has 94 valence electrons. The standard InChI is InChI=1S/C11H11FN4O2/c12-9-3-1-2-8(10(9)16-13)11(17)14-6-7-4-5-15-18-7/h1-5,16H,6,13H2,(H,14,17). The van der Waals surface area contributed by atoms with E-state index in [1.54, 1.807) is 6.07 Å². The summed E-state index contributed by atoms with van der Waals surface area (Å²) >= 11 is 0. The van der Waals surface area contributed by atoms with Gasteiger partial charge in [-0.2, -0.15) is 0 Å². The van der Waals surface area contributed by atoms with Crippen LogP contribution in [0.3, 0.4) is 0 Å². The second-order valence-electron chi connectivity index (χ2n) is 3.47. The molecule has 2 rings (SSSR count). The third kappa shape index (κ3) is 2.46. The van der Waals surface area contributed by atoms with Gasteiger partial charge in [-0.05, 0) is 12.1 Å². The molecule has 0 aliphatic heterocycles. The molecule has 0 aliphatic carbocycles. The Labute approximate surface area is 102 Å². The largest absolute Gasteiger partial charge is 0.360 e. The third-order valence-electron chi connectivity index (χ3n) is 2.32. The monoisotopic (exact) mass is 250 g/mol. The first-order valence-corrected chi connectivity index (χ1v) is 5.15. The number of benzene rings is 1. The lowest BCUT2D eigenvalue weighted by Crippen LogP contribution is -2.25. The summed E-state index contributed by atoms with van der Waals surface area (Å²) in [6.07, 6.45) is 1.47. The number of nitrogen functional groups attached to an aromatic ring is 1. The maximum atomic E-state index is 13.4. The lowest BCUT2D eigenvalue weighted by Gasteiger charge is -2.09. The normalized spacial score (nSPS) is 10.1. The van der Waals surface area contributed by atoms with Crippen molar-refractivity contribution < 1.29 is 13.7 Å². The fourth-order valence-corrected chi connectivity index (χ4v) is 1.46. The van der Waals surface area contributed by atoms with Gasteiger partial charge in [0.25, 0.3) is 5.91 Å². The minimum atomic E-state index is -0.593. The molecule has 0 saturated carbocycles. The van der Waals surface area contributed by atoms with Crippen LogP contribution in [0.25, 0.3) is 0 Å². The fourth-order valence-electron chi connectivity index (χ4n) is 1.46. The van der Waals surface area contributed by atoms with E-state index in [1.807, 2.05) is 0 Å². The average Bonchev–Trinajstić information content (AvgIpc) is 2.88. The van der Waals surface area contributed by atoms with Crippen LogP contribution in [-0.4, -0.2) is 11.1 Å². The zero-order valence-electron chi connectivity index (χ0n) is 9.31. The lowest BCUT2D eigenvalue weighted by molar-refractivity contribution is 0.0947. The van der Waals surface area contributed by atoms with E-state index in [9.17, 15) is 9.18 Å². The highest BCUT2D eigenvalue weighted by atomic mass is 19.1. The maximum absolute atomic E-state index is 13.4. The molecular formula is C11H11FN4O2. The summed E-state index contributed by atoms with van der Waals surface area (Å²) in [5.74, 6) is 4.63. The maximum Gasteiger partial charge on any atom is 0.253 e. The Morgan fingerprint density at radius 3 is 2.94 bits per heavy atom. The van der Waals surface area contributed by atoms with Gasteiger partial charge in [-0.1, -0.05) is 11.2 Å². The minimum Gasteiger partial charge on any atom is -0.360 e. The van der Waals surface area contributed by atoms with E-state index in [-0.39, 0.29) is 17.8 Å². The quantitative estimate of drug-likeness (QED) is 0.556. The molecule has 0 unspecified atom stereocenters. The molecule has 1 aromatic carbocycles. The molecule has 0 radical (unpaired) electrons.